The van der Waals surface area contributed by atoms with Crippen LogP contribution in [-0.4, -0.2) is 29.6 Å². The molecule has 1 rings (SSSR count). The number of aldehydes is 1. The molecule has 0 saturated carbocycles. The van der Waals surface area contributed by atoms with Gasteiger partial charge in [0, 0.05) is 17.1 Å². The number of hydrogen-bond donors (Lipinski definition) is 2. The minimum Gasteiger partial charge on any atom is -0.507 e. The van der Waals surface area contributed by atoms with E-state index in [1.165, 1.54) is 6.07 Å². The fourth-order valence-electron chi connectivity index (χ4n) is 1.64. The van der Waals surface area contributed by atoms with Gasteiger partial charge in [-0.05, 0) is 39.3 Å². The summed E-state index contributed by atoms with van der Waals surface area (Å²) in [6.07, 6.45) is 4.02. The fraction of sp³-hybridized carbons (Fsp3) is 0.375. The quantitative estimate of drug-likeness (QED) is 0.638. The molecule has 22 heavy (non-hydrogen) atoms. The van der Waals surface area contributed by atoms with Gasteiger partial charge in [-0.2, -0.15) is 0 Å². The third-order valence-corrected chi connectivity index (χ3v) is 2.76. The molecule has 6 heteroatoms. The summed E-state index contributed by atoms with van der Waals surface area (Å²) in [5, 5.41) is 12.8. The van der Waals surface area contributed by atoms with Crippen LogP contribution in [-0.2, 0) is 4.74 Å². The topological polar surface area (TPSA) is 75.6 Å². The van der Waals surface area contributed by atoms with Crippen LogP contribution in [0.4, 0.5) is 4.79 Å². The molecule has 0 saturated heterocycles. The highest BCUT2D eigenvalue weighted by Crippen LogP contribution is 2.27. The summed E-state index contributed by atoms with van der Waals surface area (Å²) in [4.78, 5) is 22.2. The summed E-state index contributed by atoms with van der Waals surface area (Å²) in [5.74, 6) is -0.115. The molecule has 0 unspecified atom stereocenters. The van der Waals surface area contributed by atoms with Gasteiger partial charge in [-0.3, -0.25) is 4.79 Å². The van der Waals surface area contributed by atoms with E-state index in [1.807, 2.05) is 0 Å². The number of benzene rings is 1. The lowest BCUT2D eigenvalue weighted by Gasteiger charge is -2.19. The predicted octanol–water partition coefficient (Wildman–Crippen LogP) is 3.79. The first-order valence-corrected chi connectivity index (χ1v) is 7.22. The van der Waals surface area contributed by atoms with E-state index < -0.39 is 11.7 Å². The number of rotatable bonds is 5. The van der Waals surface area contributed by atoms with Crippen LogP contribution in [0.3, 0.4) is 0 Å². The molecule has 0 aromatic heterocycles. The highest BCUT2D eigenvalue weighted by atomic mass is 35.5. The summed E-state index contributed by atoms with van der Waals surface area (Å²) in [5.41, 5.74) is 0.0588. The molecule has 0 heterocycles. The van der Waals surface area contributed by atoms with Crippen molar-refractivity contribution in [2.24, 2.45) is 0 Å². The number of nitrogens with one attached hydrogen (secondary N) is 1. The van der Waals surface area contributed by atoms with Gasteiger partial charge in [-0.15, -0.1) is 0 Å². The molecule has 0 spiro atoms. The number of phenolic OH excluding ortho intramolecular Hbond substituents is 1. The van der Waals surface area contributed by atoms with Gasteiger partial charge >= 0.3 is 6.09 Å². The molecule has 0 radical (unpaired) electrons. The maximum atomic E-state index is 11.4. The third kappa shape index (κ3) is 6.18. The Morgan fingerprint density at radius 1 is 1.36 bits per heavy atom. The lowest BCUT2D eigenvalue weighted by Crippen LogP contribution is -2.32. The van der Waals surface area contributed by atoms with Crippen LogP contribution in [0.5, 0.6) is 5.75 Å². The van der Waals surface area contributed by atoms with Crippen molar-refractivity contribution in [1.82, 2.24) is 5.32 Å². The first-order valence-electron chi connectivity index (χ1n) is 6.84. The van der Waals surface area contributed by atoms with Crippen molar-refractivity contribution in [2.45, 2.75) is 32.8 Å². The van der Waals surface area contributed by atoms with Crippen LogP contribution < -0.4 is 5.32 Å². The molecular weight excluding hydrogens is 306 g/mol. The minimum atomic E-state index is -0.530. The lowest BCUT2D eigenvalue weighted by atomic mass is 10.1. The smallest absolute Gasteiger partial charge is 0.407 e. The number of amides is 1. The van der Waals surface area contributed by atoms with Gasteiger partial charge in [0.1, 0.15) is 11.4 Å². The van der Waals surface area contributed by atoms with Crippen molar-refractivity contribution >= 4 is 30.1 Å². The summed E-state index contributed by atoms with van der Waals surface area (Å²) < 4.78 is 5.10. The van der Waals surface area contributed by atoms with E-state index in [4.69, 9.17) is 16.3 Å². The van der Waals surface area contributed by atoms with E-state index in [9.17, 15) is 14.7 Å². The SMILES string of the molecule is CC(C)(C)OC(=O)NCCC=Cc1cc(Cl)cc(C=O)c1O. The van der Waals surface area contributed by atoms with E-state index in [0.29, 0.717) is 29.8 Å². The zero-order chi connectivity index (χ0) is 16.8. The van der Waals surface area contributed by atoms with Crippen molar-refractivity contribution in [3.63, 3.8) is 0 Å². The summed E-state index contributed by atoms with van der Waals surface area (Å²) in [6, 6.07) is 2.95. The van der Waals surface area contributed by atoms with E-state index in [-0.39, 0.29) is 11.3 Å². The average Bonchev–Trinajstić information content (AvgIpc) is 2.39. The first kappa shape index (κ1) is 18.0. The highest BCUT2D eigenvalue weighted by molar-refractivity contribution is 6.31. The average molecular weight is 326 g/mol. The molecule has 1 aromatic rings. The van der Waals surface area contributed by atoms with E-state index in [2.05, 4.69) is 5.32 Å². The highest BCUT2D eigenvalue weighted by Gasteiger charge is 2.15. The number of aromatic hydroxyl groups is 1. The molecule has 120 valence electrons. The second kappa shape index (κ2) is 7.84. The Hall–Kier alpha value is -2.01. The first-order chi connectivity index (χ1) is 10.2. The van der Waals surface area contributed by atoms with Crippen LogP contribution in [0, 0.1) is 0 Å². The second-order valence-corrected chi connectivity index (χ2v) is 6.11. The molecule has 0 aliphatic carbocycles. The van der Waals surface area contributed by atoms with Crippen LogP contribution in [0.15, 0.2) is 18.2 Å². The van der Waals surface area contributed by atoms with E-state index >= 15 is 0 Å². The van der Waals surface area contributed by atoms with Crippen LogP contribution in [0.1, 0.15) is 43.1 Å². The largest absolute Gasteiger partial charge is 0.507 e. The number of ether oxygens (including phenoxy) is 1. The van der Waals surface area contributed by atoms with Gasteiger partial charge in [0.25, 0.3) is 0 Å². The van der Waals surface area contributed by atoms with Crippen molar-refractivity contribution in [3.05, 3.63) is 34.4 Å². The molecule has 0 bridgehead atoms. The summed E-state index contributed by atoms with van der Waals surface area (Å²) in [7, 11) is 0. The Kier molecular flexibility index (Phi) is 6.43. The number of phenols is 1. The van der Waals surface area contributed by atoms with Crippen molar-refractivity contribution in [3.8, 4) is 5.75 Å². The van der Waals surface area contributed by atoms with Crippen molar-refractivity contribution < 1.29 is 19.4 Å². The molecule has 2 N–H and O–H groups in total. The number of alkyl carbamates (subject to hydrolysis) is 1. The van der Waals surface area contributed by atoms with Gasteiger partial charge < -0.3 is 15.2 Å². The maximum Gasteiger partial charge on any atom is 0.407 e. The number of carbonyl (C=O) groups is 2. The number of hydrogen-bond acceptors (Lipinski definition) is 4. The molecule has 0 fully saturated rings. The van der Waals surface area contributed by atoms with Crippen LogP contribution in [0.2, 0.25) is 5.02 Å². The van der Waals surface area contributed by atoms with E-state index in [0.717, 1.165) is 0 Å². The Balaban J connectivity index is 2.52. The Morgan fingerprint density at radius 3 is 2.59 bits per heavy atom. The Labute approximate surface area is 134 Å². The maximum absolute atomic E-state index is 11.4. The minimum absolute atomic E-state index is 0.115. The van der Waals surface area contributed by atoms with Gasteiger partial charge in [0.15, 0.2) is 6.29 Å². The standard InChI is InChI=1S/C16H20ClNO4/c1-16(2,3)22-15(21)18-7-5-4-6-11-8-13(17)9-12(10-19)14(11)20/h4,6,8-10,20H,5,7H2,1-3H3,(H,18,21). The Morgan fingerprint density at radius 2 is 2.00 bits per heavy atom. The van der Waals surface area contributed by atoms with Crippen molar-refractivity contribution in [2.75, 3.05) is 6.54 Å². The second-order valence-electron chi connectivity index (χ2n) is 5.67. The van der Waals surface area contributed by atoms with Gasteiger partial charge in [0.05, 0.1) is 5.56 Å². The molecule has 0 atom stereocenters. The van der Waals surface area contributed by atoms with Gasteiger partial charge in [0.2, 0.25) is 0 Å². The number of carbonyl (C=O) groups excluding carboxylic acids is 2. The summed E-state index contributed by atoms with van der Waals surface area (Å²) >= 11 is 5.87. The van der Waals surface area contributed by atoms with Crippen LogP contribution >= 0.6 is 11.6 Å². The molecule has 5 nitrogen and oxygen atoms in total. The Bertz CT molecular complexity index is 576. The third-order valence-electron chi connectivity index (χ3n) is 2.54. The molecule has 0 aliphatic heterocycles. The molecule has 1 amide bonds. The predicted molar refractivity (Wildman–Crippen MR) is 86.4 cm³/mol. The van der Waals surface area contributed by atoms with Gasteiger partial charge in [-0.1, -0.05) is 23.8 Å². The lowest BCUT2D eigenvalue weighted by molar-refractivity contribution is 0.0528. The molecule has 1 aromatic carbocycles. The molecule has 0 aliphatic rings. The number of halogens is 1. The molecular formula is C16H20ClNO4. The zero-order valence-corrected chi connectivity index (χ0v) is 13.6. The monoisotopic (exact) mass is 325 g/mol. The van der Waals surface area contributed by atoms with Gasteiger partial charge in [-0.25, -0.2) is 4.79 Å². The normalized spacial score (nSPS) is 11.5. The zero-order valence-electron chi connectivity index (χ0n) is 12.9. The van der Waals surface area contributed by atoms with Crippen molar-refractivity contribution in [1.29, 1.82) is 0 Å². The van der Waals surface area contributed by atoms with Crippen LogP contribution in [0.25, 0.3) is 6.08 Å². The fourth-order valence-corrected chi connectivity index (χ4v) is 1.88. The summed E-state index contributed by atoms with van der Waals surface area (Å²) in [6.45, 7) is 5.77. The van der Waals surface area contributed by atoms with E-state index in [1.54, 1.807) is 39.0 Å².